The third kappa shape index (κ3) is 18.3. The zero-order chi connectivity index (χ0) is 7.86. The van der Waals surface area contributed by atoms with Gasteiger partial charge in [0.1, 0.15) is 0 Å². The van der Waals surface area contributed by atoms with E-state index in [4.69, 9.17) is 0 Å². The minimum atomic E-state index is 0.625. The molecule has 0 aliphatic heterocycles. The first-order chi connectivity index (χ1) is 4.13. The summed E-state index contributed by atoms with van der Waals surface area (Å²) in [6.07, 6.45) is 0. The molecule has 1 N–H and O–H groups in total. The van der Waals surface area contributed by atoms with Crippen molar-refractivity contribution in [2.45, 2.75) is 39.8 Å². The van der Waals surface area contributed by atoms with Crippen molar-refractivity contribution in [1.29, 1.82) is 0 Å². The van der Waals surface area contributed by atoms with Gasteiger partial charge in [-0.1, -0.05) is 27.7 Å². The predicted octanol–water partition coefficient (Wildman–Crippen LogP) is 2.20. The highest BCUT2D eigenvalue weighted by Crippen LogP contribution is 1.80. The maximum Gasteiger partial charge on any atom is 0.00127 e. The first kappa shape index (κ1) is 11.5. The summed E-state index contributed by atoms with van der Waals surface area (Å²) in [5, 5.41) is 3.31. The predicted molar refractivity (Wildman–Crippen MR) is 44.7 cm³/mol. The van der Waals surface area contributed by atoms with Crippen LogP contribution in [0.15, 0.2) is 13.2 Å². The lowest BCUT2D eigenvalue weighted by Crippen LogP contribution is -2.29. The van der Waals surface area contributed by atoms with E-state index in [2.05, 4.69) is 46.2 Å². The Labute approximate surface area is 59.2 Å². The van der Waals surface area contributed by atoms with Gasteiger partial charge < -0.3 is 5.32 Å². The molecule has 1 nitrogen and oxygen atoms in total. The summed E-state index contributed by atoms with van der Waals surface area (Å²) in [6, 6.07) is 1.25. The van der Waals surface area contributed by atoms with E-state index in [0.29, 0.717) is 12.1 Å². The zero-order valence-corrected chi connectivity index (χ0v) is 7.07. The third-order valence-corrected chi connectivity index (χ3v) is 0.667. The second-order valence-corrected chi connectivity index (χ2v) is 2.48. The molecule has 0 bridgehead atoms. The van der Waals surface area contributed by atoms with E-state index in [1.54, 1.807) is 0 Å². The summed E-state index contributed by atoms with van der Waals surface area (Å²) >= 11 is 0. The van der Waals surface area contributed by atoms with Crippen molar-refractivity contribution in [3.05, 3.63) is 13.2 Å². The smallest absolute Gasteiger partial charge is 0.00127 e. The van der Waals surface area contributed by atoms with Gasteiger partial charge in [0.2, 0.25) is 0 Å². The van der Waals surface area contributed by atoms with Crippen LogP contribution < -0.4 is 5.32 Å². The number of rotatable bonds is 2. The van der Waals surface area contributed by atoms with E-state index in [1.165, 1.54) is 0 Å². The minimum absolute atomic E-state index is 0.625. The molecule has 0 aromatic rings. The largest absolute Gasteiger partial charge is 0.312 e. The Morgan fingerprint density at radius 2 is 1.11 bits per heavy atom. The Bertz CT molecular complexity index is 42.5. The summed E-state index contributed by atoms with van der Waals surface area (Å²) in [5.41, 5.74) is 0. The van der Waals surface area contributed by atoms with Crippen molar-refractivity contribution in [3.63, 3.8) is 0 Å². The van der Waals surface area contributed by atoms with Crippen LogP contribution in [0.25, 0.3) is 0 Å². The van der Waals surface area contributed by atoms with Crippen LogP contribution in [0.3, 0.4) is 0 Å². The molecular formula is C8H19N. The maximum absolute atomic E-state index is 3.31. The van der Waals surface area contributed by atoms with Crippen LogP contribution in [0.1, 0.15) is 27.7 Å². The highest BCUT2D eigenvalue weighted by atomic mass is 14.9. The van der Waals surface area contributed by atoms with Crippen molar-refractivity contribution in [2.75, 3.05) is 0 Å². The first-order valence-electron chi connectivity index (χ1n) is 3.39. The van der Waals surface area contributed by atoms with E-state index in [-0.39, 0.29) is 0 Å². The quantitative estimate of drug-likeness (QED) is 0.564. The molecule has 0 aliphatic rings. The van der Waals surface area contributed by atoms with Gasteiger partial charge in [-0.3, -0.25) is 0 Å². The number of nitrogens with one attached hydrogen (secondary N) is 1. The van der Waals surface area contributed by atoms with Gasteiger partial charge in [-0.2, -0.15) is 0 Å². The van der Waals surface area contributed by atoms with Crippen LogP contribution >= 0.6 is 0 Å². The normalized spacial score (nSPS) is 9.11. The van der Waals surface area contributed by atoms with Crippen LogP contribution in [0, 0.1) is 0 Å². The fraction of sp³-hybridized carbons (Fsp3) is 0.750. The molecule has 0 radical (unpaired) electrons. The topological polar surface area (TPSA) is 12.0 Å². The van der Waals surface area contributed by atoms with Crippen molar-refractivity contribution >= 4 is 0 Å². The van der Waals surface area contributed by atoms with Crippen molar-refractivity contribution in [2.24, 2.45) is 0 Å². The molecule has 0 saturated carbocycles. The van der Waals surface area contributed by atoms with Crippen LogP contribution in [0.2, 0.25) is 0 Å². The van der Waals surface area contributed by atoms with E-state index in [9.17, 15) is 0 Å². The first-order valence-corrected chi connectivity index (χ1v) is 3.39. The molecule has 1 heteroatoms. The molecule has 9 heavy (non-hydrogen) atoms. The monoisotopic (exact) mass is 129 g/mol. The fourth-order valence-electron chi connectivity index (χ4n) is 0.667. The number of hydrogen-bond acceptors (Lipinski definition) is 1. The second-order valence-electron chi connectivity index (χ2n) is 2.48. The van der Waals surface area contributed by atoms with Crippen LogP contribution in [-0.4, -0.2) is 12.1 Å². The molecule has 0 heterocycles. The Morgan fingerprint density at radius 1 is 0.889 bits per heavy atom. The van der Waals surface area contributed by atoms with E-state index >= 15 is 0 Å². The Kier molecular flexibility index (Phi) is 9.83. The van der Waals surface area contributed by atoms with Crippen molar-refractivity contribution in [3.8, 4) is 0 Å². The average Bonchev–Trinajstić information content (AvgIpc) is 1.68. The second kappa shape index (κ2) is 7.70. The lowest BCUT2D eigenvalue weighted by Gasteiger charge is -2.10. The zero-order valence-electron chi connectivity index (χ0n) is 7.07. The lowest BCUT2D eigenvalue weighted by molar-refractivity contribution is 0.518. The Balaban J connectivity index is 0. The van der Waals surface area contributed by atoms with E-state index in [1.807, 2.05) is 0 Å². The molecule has 0 saturated heterocycles. The Morgan fingerprint density at radius 3 is 1.11 bits per heavy atom. The highest BCUT2D eigenvalue weighted by molar-refractivity contribution is 4.55. The molecule has 0 aliphatic carbocycles. The molecule has 0 aromatic heterocycles. The molecule has 56 valence electrons. The van der Waals surface area contributed by atoms with E-state index in [0.717, 1.165) is 0 Å². The summed E-state index contributed by atoms with van der Waals surface area (Å²) in [5.74, 6) is 0. The van der Waals surface area contributed by atoms with Gasteiger partial charge in [0.25, 0.3) is 0 Å². The van der Waals surface area contributed by atoms with Crippen molar-refractivity contribution in [1.82, 2.24) is 5.32 Å². The standard InChI is InChI=1S/C6H15N.C2H4/c1-5(2)7-6(3)4;1-2/h5-7H,1-4H3;1-2H2. The van der Waals surface area contributed by atoms with Crippen LogP contribution in [0.5, 0.6) is 0 Å². The molecule has 0 rings (SSSR count). The van der Waals surface area contributed by atoms with Gasteiger partial charge in [0.05, 0.1) is 0 Å². The molecule has 0 aromatic carbocycles. The molecule has 0 amide bonds. The average molecular weight is 129 g/mol. The number of hydrogen-bond donors (Lipinski definition) is 1. The van der Waals surface area contributed by atoms with Gasteiger partial charge in [0, 0.05) is 12.1 Å². The molecule has 0 unspecified atom stereocenters. The summed E-state index contributed by atoms with van der Waals surface area (Å²) in [7, 11) is 0. The van der Waals surface area contributed by atoms with Gasteiger partial charge in [-0.25, -0.2) is 0 Å². The van der Waals surface area contributed by atoms with Crippen LogP contribution in [-0.2, 0) is 0 Å². The third-order valence-electron chi connectivity index (χ3n) is 0.667. The molecule has 0 atom stereocenters. The van der Waals surface area contributed by atoms with Crippen molar-refractivity contribution < 1.29 is 0 Å². The highest BCUT2D eigenvalue weighted by Gasteiger charge is 1.92. The van der Waals surface area contributed by atoms with Gasteiger partial charge in [-0.15, -0.1) is 13.2 Å². The summed E-state index contributed by atoms with van der Waals surface area (Å²) < 4.78 is 0. The maximum atomic E-state index is 3.31. The summed E-state index contributed by atoms with van der Waals surface area (Å²) in [6.45, 7) is 14.6. The summed E-state index contributed by atoms with van der Waals surface area (Å²) in [4.78, 5) is 0. The minimum Gasteiger partial charge on any atom is -0.312 e. The lowest BCUT2D eigenvalue weighted by atomic mass is 10.3. The molecule has 0 fully saturated rings. The van der Waals surface area contributed by atoms with Gasteiger partial charge in [-0.05, 0) is 0 Å². The molecular weight excluding hydrogens is 110 g/mol. The Hall–Kier alpha value is -0.300. The van der Waals surface area contributed by atoms with Gasteiger partial charge in [0.15, 0.2) is 0 Å². The van der Waals surface area contributed by atoms with E-state index < -0.39 is 0 Å². The van der Waals surface area contributed by atoms with Gasteiger partial charge >= 0.3 is 0 Å². The SMILES string of the molecule is C=C.CC(C)NC(C)C. The molecule has 0 spiro atoms. The van der Waals surface area contributed by atoms with Crippen LogP contribution in [0.4, 0.5) is 0 Å². The fourth-order valence-corrected chi connectivity index (χ4v) is 0.667.